The van der Waals surface area contributed by atoms with Crippen LogP contribution in [-0.2, 0) is 6.42 Å². The van der Waals surface area contributed by atoms with Crippen molar-refractivity contribution in [2.75, 3.05) is 13.1 Å². The molecule has 0 radical (unpaired) electrons. The summed E-state index contributed by atoms with van der Waals surface area (Å²) in [5.74, 6) is 0.769. The van der Waals surface area contributed by atoms with E-state index >= 15 is 0 Å². The molecular formula is C21H26N4O2. The number of urea groups is 1. The molecule has 0 saturated heterocycles. The summed E-state index contributed by atoms with van der Waals surface area (Å²) in [7, 11) is 0. The summed E-state index contributed by atoms with van der Waals surface area (Å²) < 4.78 is 7.45. The van der Waals surface area contributed by atoms with Gasteiger partial charge >= 0.3 is 6.03 Å². The number of nitrogens with zero attached hydrogens (tertiary/aromatic N) is 2. The van der Waals surface area contributed by atoms with Crippen molar-refractivity contribution in [3.8, 4) is 0 Å². The highest BCUT2D eigenvalue weighted by molar-refractivity contribution is 5.73. The average Bonchev–Trinajstić information content (AvgIpc) is 3.30. The van der Waals surface area contributed by atoms with Gasteiger partial charge in [0.2, 0.25) is 0 Å². The summed E-state index contributed by atoms with van der Waals surface area (Å²) in [6, 6.07) is 15.7. The summed E-state index contributed by atoms with van der Waals surface area (Å²) in [5.41, 5.74) is 3.25. The van der Waals surface area contributed by atoms with E-state index in [1.165, 1.54) is 5.56 Å². The third-order valence-electron chi connectivity index (χ3n) is 4.44. The molecule has 1 aromatic carbocycles. The van der Waals surface area contributed by atoms with Crippen LogP contribution in [0.2, 0.25) is 0 Å². The van der Waals surface area contributed by atoms with Crippen LogP contribution < -0.4 is 10.6 Å². The molecule has 0 aliphatic heterocycles. The van der Waals surface area contributed by atoms with E-state index in [0.29, 0.717) is 13.1 Å². The van der Waals surface area contributed by atoms with Gasteiger partial charge in [-0.25, -0.2) is 4.79 Å². The van der Waals surface area contributed by atoms with Crippen LogP contribution in [0.1, 0.15) is 35.2 Å². The predicted molar refractivity (Wildman–Crippen MR) is 105 cm³/mol. The van der Waals surface area contributed by atoms with Crippen molar-refractivity contribution in [3.63, 3.8) is 0 Å². The first-order chi connectivity index (χ1) is 13.1. The first-order valence-corrected chi connectivity index (χ1v) is 9.25. The number of furan rings is 1. The quantitative estimate of drug-likeness (QED) is 0.598. The third kappa shape index (κ3) is 5.23. The van der Waals surface area contributed by atoms with E-state index < -0.39 is 0 Å². The van der Waals surface area contributed by atoms with Gasteiger partial charge in [0, 0.05) is 18.8 Å². The molecule has 2 N–H and O–H groups in total. The highest BCUT2D eigenvalue weighted by atomic mass is 16.3. The average molecular weight is 366 g/mol. The Labute approximate surface area is 159 Å². The molecule has 142 valence electrons. The van der Waals surface area contributed by atoms with Crippen molar-refractivity contribution in [2.45, 2.75) is 32.7 Å². The molecule has 0 spiro atoms. The number of nitrogens with one attached hydrogen (secondary N) is 2. The second kappa shape index (κ2) is 9.07. The largest absolute Gasteiger partial charge is 0.467 e. The lowest BCUT2D eigenvalue weighted by Gasteiger charge is -2.18. The maximum absolute atomic E-state index is 12.2. The highest BCUT2D eigenvalue weighted by Gasteiger charge is 2.20. The minimum Gasteiger partial charge on any atom is -0.467 e. The predicted octanol–water partition coefficient (Wildman–Crippen LogP) is 3.61. The second-order valence-electron chi connectivity index (χ2n) is 6.63. The van der Waals surface area contributed by atoms with E-state index in [0.717, 1.165) is 30.0 Å². The lowest BCUT2D eigenvalue weighted by molar-refractivity contribution is 0.238. The summed E-state index contributed by atoms with van der Waals surface area (Å²) >= 11 is 0. The molecule has 2 aromatic heterocycles. The van der Waals surface area contributed by atoms with Crippen LogP contribution in [0.3, 0.4) is 0 Å². The molecule has 1 unspecified atom stereocenters. The van der Waals surface area contributed by atoms with Crippen LogP contribution in [0.25, 0.3) is 0 Å². The van der Waals surface area contributed by atoms with Crippen LogP contribution in [0.15, 0.2) is 59.2 Å². The smallest absolute Gasteiger partial charge is 0.314 e. The molecule has 2 amide bonds. The standard InChI is InChI=1S/C21H26N4O2/c1-16-14-17(2)25(24-16)19(20-11-7-13-27-20)15-23-21(26)22-12-6-10-18-8-4-3-5-9-18/h3-5,7-9,11,13-14,19H,6,10,12,15H2,1-2H3,(H2,22,23,26). The number of amides is 2. The topological polar surface area (TPSA) is 72.1 Å². The molecule has 3 rings (SSSR count). The molecular weight excluding hydrogens is 340 g/mol. The number of rotatable bonds is 8. The van der Waals surface area contributed by atoms with E-state index in [4.69, 9.17) is 4.42 Å². The molecule has 0 aliphatic carbocycles. The van der Waals surface area contributed by atoms with E-state index in [1.807, 2.05) is 54.9 Å². The molecule has 1 atom stereocenters. The minimum atomic E-state index is -0.179. The maximum atomic E-state index is 12.2. The SMILES string of the molecule is Cc1cc(C)n(C(CNC(=O)NCCCc2ccccc2)c2ccco2)n1. The van der Waals surface area contributed by atoms with Crippen molar-refractivity contribution < 1.29 is 9.21 Å². The van der Waals surface area contributed by atoms with Gasteiger partial charge in [-0.2, -0.15) is 5.10 Å². The van der Waals surface area contributed by atoms with Gasteiger partial charge in [0.15, 0.2) is 0 Å². The number of carbonyl (C=O) groups excluding carboxylic acids is 1. The zero-order valence-electron chi connectivity index (χ0n) is 15.8. The number of aromatic nitrogens is 2. The molecule has 3 aromatic rings. The molecule has 6 heteroatoms. The van der Waals surface area contributed by atoms with Crippen molar-refractivity contribution in [3.05, 3.63) is 77.5 Å². The Bertz CT molecular complexity index is 840. The van der Waals surface area contributed by atoms with E-state index in [1.54, 1.807) is 6.26 Å². The molecule has 2 heterocycles. The Morgan fingerprint density at radius 1 is 1.15 bits per heavy atom. The highest BCUT2D eigenvalue weighted by Crippen LogP contribution is 2.20. The zero-order chi connectivity index (χ0) is 19.1. The van der Waals surface area contributed by atoms with Crippen molar-refractivity contribution in [2.24, 2.45) is 0 Å². The van der Waals surface area contributed by atoms with Crippen LogP contribution in [-0.4, -0.2) is 28.9 Å². The van der Waals surface area contributed by atoms with E-state index in [2.05, 4.69) is 27.9 Å². The van der Waals surface area contributed by atoms with Crippen LogP contribution in [0.4, 0.5) is 4.79 Å². The summed E-state index contributed by atoms with van der Waals surface area (Å²) in [6.07, 6.45) is 3.48. The summed E-state index contributed by atoms with van der Waals surface area (Å²) in [6.45, 7) is 4.99. The molecule has 27 heavy (non-hydrogen) atoms. The molecule has 6 nitrogen and oxygen atoms in total. The van der Waals surface area contributed by atoms with Gasteiger partial charge in [0.25, 0.3) is 0 Å². The first-order valence-electron chi connectivity index (χ1n) is 9.25. The number of benzene rings is 1. The van der Waals surface area contributed by atoms with Crippen LogP contribution in [0, 0.1) is 13.8 Å². The fourth-order valence-corrected chi connectivity index (χ4v) is 3.14. The van der Waals surface area contributed by atoms with E-state index in [-0.39, 0.29) is 12.1 Å². The molecule has 0 aliphatic rings. The zero-order valence-corrected chi connectivity index (χ0v) is 15.8. The first kappa shape index (κ1) is 18.8. The second-order valence-corrected chi connectivity index (χ2v) is 6.63. The minimum absolute atomic E-state index is 0.177. The Kier molecular flexibility index (Phi) is 6.30. The van der Waals surface area contributed by atoms with Gasteiger partial charge in [-0.15, -0.1) is 0 Å². The van der Waals surface area contributed by atoms with Gasteiger partial charge in [-0.1, -0.05) is 30.3 Å². The lowest BCUT2D eigenvalue weighted by atomic mass is 10.1. The normalized spacial score (nSPS) is 11.9. The number of carbonyl (C=O) groups is 1. The Balaban J connectivity index is 1.50. The number of hydrogen-bond donors (Lipinski definition) is 2. The fourth-order valence-electron chi connectivity index (χ4n) is 3.14. The fraction of sp³-hybridized carbons (Fsp3) is 0.333. The van der Waals surface area contributed by atoms with Crippen molar-refractivity contribution in [1.82, 2.24) is 20.4 Å². The van der Waals surface area contributed by atoms with Gasteiger partial charge in [-0.05, 0) is 50.5 Å². The van der Waals surface area contributed by atoms with Crippen LogP contribution in [0.5, 0.6) is 0 Å². The van der Waals surface area contributed by atoms with Gasteiger partial charge < -0.3 is 15.1 Å². The Morgan fingerprint density at radius 3 is 2.63 bits per heavy atom. The van der Waals surface area contributed by atoms with Crippen molar-refractivity contribution >= 4 is 6.03 Å². The summed E-state index contributed by atoms with van der Waals surface area (Å²) in [4.78, 5) is 12.2. The lowest BCUT2D eigenvalue weighted by Crippen LogP contribution is -2.39. The Morgan fingerprint density at radius 2 is 1.96 bits per heavy atom. The number of hydrogen-bond acceptors (Lipinski definition) is 3. The maximum Gasteiger partial charge on any atom is 0.314 e. The van der Waals surface area contributed by atoms with Gasteiger partial charge in [0.05, 0.1) is 12.0 Å². The molecule has 0 saturated carbocycles. The number of aryl methyl sites for hydroxylation is 3. The molecule has 0 bridgehead atoms. The monoisotopic (exact) mass is 366 g/mol. The van der Waals surface area contributed by atoms with Gasteiger partial charge in [-0.3, -0.25) is 4.68 Å². The molecule has 0 fully saturated rings. The Hall–Kier alpha value is -3.02. The van der Waals surface area contributed by atoms with Crippen LogP contribution >= 0.6 is 0 Å². The summed E-state index contributed by atoms with van der Waals surface area (Å²) in [5, 5.41) is 10.4. The van der Waals surface area contributed by atoms with E-state index in [9.17, 15) is 4.79 Å². The van der Waals surface area contributed by atoms with Gasteiger partial charge in [0.1, 0.15) is 11.8 Å². The van der Waals surface area contributed by atoms with Crippen molar-refractivity contribution in [1.29, 1.82) is 0 Å². The third-order valence-corrected chi connectivity index (χ3v) is 4.44.